The van der Waals surface area contributed by atoms with Gasteiger partial charge in [0.15, 0.2) is 5.65 Å². The summed E-state index contributed by atoms with van der Waals surface area (Å²) in [4.78, 5) is 29.7. The average molecular weight is 386 g/mol. The zero-order chi connectivity index (χ0) is 20.5. The first-order valence-electron chi connectivity index (χ1n) is 9.40. The van der Waals surface area contributed by atoms with Gasteiger partial charge in [-0.2, -0.15) is 0 Å². The van der Waals surface area contributed by atoms with Crippen molar-refractivity contribution in [2.75, 3.05) is 5.32 Å². The predicted octanol–water partition coefficient (Wildman–Crippen LogP) is 3.14. The van der Waals surface area contributed by atoms with E-state index < -0.39 is 5.69 Å². The van der Waals surface area contributed by atoms with Crippen LogP contribution in [0.4, 0.5) is 5.69 Å². The predicted molar refractivity (Wildman–Crippen MR) is 115 cm³/mol. The molecule has 6 heteroatoms. The van der Waals surface area contributed by atoms with E-state index in [1.54, 1.807) is 13.2 Å². The second-order valence-corrected chi connectivity index (χ2v) is 7.12. The molecule has 0 aliphatic heterocycles. The van der Waals surface area contributed by atoms with Crippen LogP contribution in [0.2, 0.25) is 0 Å². The van der Waals surface area contributed by atoms with E-state index in [0.717, 1.165) is 21.3 Å². The Bertz CT molecular complexity index is 1250. The number of hydrogen-bond donors (Lipinski definition) is 1. The van der Waals surface area contributed by atoms with Gasteiger partial charge >= 0.3 is 5.69 Å². The molecule has 29 heavy (non-hydrogen) atoms. The van der Waals surface area contributed by atoms with E-state index in [1.165, 1.54) is 11.6 Å². The third-order valence-corrected chi connectivity index (χ3v) is 5.21. The summed E-state index contributed by atoms with van der Waals surface area (Å²) in [5.74, 6) is 0. The van der Waals surface area contributed by atoms with E-state index in [9.17, 15) is 9.59 Å². The fourth-order valence-electron chi connectivity index (χ4n) is 3.60. The molecule has 1 N–H and O–H groups in total. The highest BCUT2D eigenvalue weighted by molar-refractivity contribution is 5.90. The summed E-state index contributed by atoms with van der Waals surface area (Å²) in [6.07, 6.45) is 1.69. The maximum absolute atomic E-state index is 13.0. The van der Waals surface area contributed by atoms with Crippen LogP contribution in [0.15, 0.2) is 76.4 Å². The van der Waals surface area contributed by atoms with Crippen molar-refractivity contribution in [2.24, 2.45) is 14.1 Å². The van der Waals surface area contributed by atoms with E-state index >= 15 is 0 Å². The normalized spacial score (nSPS) is 11.2. The Hall–Kier alpha value is -3.67. The summed E-state index contributed by atoms with van der Waals surface area (Å²) >= 11 is 0. The van der Waals surface area contributed by atoms with Crippen LogP contribution in [0.1, 0.15) is 22.7 Å². The van der Waals surface area contributed by atoms with Crippen molar-refractivity contribution in [1.82, 2.24) is 14.1 Å². The van der Waals surface area contributed by atoms with Gasteiger partial charge in [-0.15, -0.1) is 0 Å². The van der Waals surface area contributed by atoms with E-state index in [-0.39, 0.29) is 11.6 Å². The quantitative estimate of drug-likeness (QED) is 0.585. The molecule has 2 aromatic carbocycles. The van der Waals surface area contributed by atoms with Crippen molar-refractivity contribution in [3.63, 3.8) is 0 Å². The van der Waals surface area contributed by atoms with Gasteiger partial charge in [-0.05, 0) is 23.6 Å². The summed E-state index contributed by atoms with van der Waals surface area (Å²) in [6, 6.07) is 20.0. The minimum absolute atomic E-state index is 0.163. The maximum Gasteiger partial charge on any atom is 0.332 e. The maximum atomic E-state index is 13.0. The Morgan fingerprint density at radius 1 is 0.862 bits per heavy atom. The Morgan fingerprint density at radius 3 is 1.97 bits per heavy atom. The lowest BCUT2D eigenvalue weighted by molar-refractivity contribution is 0.707. The molecule has 0 fully saturated rings. The SMILES string of the molecule is Cc1cnc2c(c1NC(c1ccccc1)c1ccccc1)c(=O)n(C)c(=O)n2C. The van der Waals surface area contributed by atoms with Crippen molar-refractivity contribution >= 4 is 16.7 Å². The molecule has 0 aliphatic rings. The Labute approximate surface area is 168 Å². The van der Waals surface area contributed by atoms with Crippen molar-refractivity contribution in [1.29, 1.82) is 0 Å². The van der Waals surface area contributed by atoms with Crippen molar-refractivity contribution in [3.05, 3.63) is 104 Å². The molecule has 4 aromatic rings. The molecule has 0 amide bonds. The zero-order valence-electron chi connectivity index (χ0n) is 16.6. The molecule has 6 nitrogen and oxygen atoms in total. The lowest BCUT2D eigenvalue weighted by atomic mass is 9.98. The van der Waals surface area contributed by atoms with Gasteiger partial charge in [0.2, 0.25) is 0 Å². The van der Waals surface area contributed by atoms with Gasteiger partial charge in [-0.1, -0.05) is 60.7 Å². The molecule has 0 atom stereocenters. The molecule has 4 rings (SSSR count). The van der Waals surface area contributed by atoms with Crippen LogP contribution in [0.25, 0.3) is 11.0 Å². The monoisotopic (exact) mass is 386 g/mol. The van der Waals surface area contributed by atoms with Crippen LogP contribution in [-0.2, 0) is 14.1 Å². The second kappa shape index (κ2) is 7.39. The molecule has 0 spiro atoms. The molecular weight excluding hydrogens is 364 g/mol. The number of anilines is 1. The highest BCUT2D eigenvalue weighted by Gasteiger charge is 2.20. The lowest BCUT2D eigenvalue weighted by Gasteiger charge is -2.23. The van der Waals surface area contributed by atoms with Crippen LogP contribution in [0.3, 0.4) is 0 Å². The average Bonchev–Trinajstić information content (AvgIpc) is 2.76. The Kier molecular flexibility index (Phi) is 4.76. The van der Waals surface area contributed by atoms with Crippen LogP contribution >= 0.6 is 0 Å². The van der Waals surface area contributed by atoms with Crippen LogP contribution in [0, 0.1) is 6.92 Å². The van der Waals surface area contributed by atoms with Gasteiger partial charge in [-0.3, -0.25) is 13.9 Å². The number of aromatic nitrogens is 3. The molecule has 2 heterocycles. The Balaban J connectivity index is 1.97. The fourth-order valence-corrected chi connectivity index (χ4v) is 3.60. The minimum atomic E-state index is -0.396. The van der Waals surface area contributed by atoms with Gasteiger partial charge in [0.1, 0.15) is 5.39 Å². The highest BCUT2D eigenvalue weighted by atomic mass is 16.2. The number of nitrogens with one attached hydrogen (secondary N) is 1. The number of hydrogen-bond acceptors (Lipinski definition) is 4. The summed E-state index contributed by atoms with van der Waals surface area (Å²) in [5, 5.41) is 3.98. The molecule has 0 saturated carbocycles. The lowest BCUT2D eigenvalue weighted by Crippen LogP contribution is -2.37. The first kappa shape index (κ1) is 18.7. The number of pyridine rings is 1. The fraction of sp³-hybridized carbons (Fsp3) is 0.174. The van der Waals surface area contributed by atoms with Crippen molar-refractivity contribution in [3.8, 4) is 0 Å². The summed E-state index contributed by atoms with van der Waals surface area (Å²) in [5.41, 5.74) is 3.28. The van der Waals surface area contributed by atoms with Gasteiger partial charge in [0.05, 0.1) is 11.7 Å². The van der Waals surface area contributed by atoms with Crippen molar-refractivity contribution in [2.45, 2.75) is 13.0 Å². The van der Waals surface area contributed by atoms with Crippen LogP contribution in [-0.4, -0.2) is 14.1 Å². The van der Waals surface area contributed by atoms with Gasteiger partial charge < -0.3 is 5.32 Å². The number of fused-ring (bicyclic) bond motifs is 1. The first-order chi connectivity index (χ1) is 14.0. The summed E-state index contributed by atoms with van der Waals surface area (Å²) in [7, 11) is 3.12. The minimum Gasteiger partial charge on any atom is -0.373 e. The van der Waals surface area contributed by atoms with Gasteiger partial charge in [0, 0.05) is 20.3 Å². The van der Waals surface area contributed by atoms with E-state index in [4.69, 9.17) is 0 Å². The van der Waals surface area contributed by atoms with Crippen LogP contribution in [0.5, 0.6) is 0 Å². The Morgan fingerprint density at radius 2 is 1.41 bits per heavy atom. The molecule has 0 bridgehead atoms. The summed E-state index contributed by atoms with van der Waals surface area (Å²) < 4.78 is 2.52. The number of nitrogens with zero attached hydrogens (tertiary/aromatic N) is 3. The first-order valence-corrected chi connectivity index (χ1v) is 9.40. The molecule has 146 valence electrons. The zero-order valence-corrected chi connectivity index (χ0v) is 16.6. The molecule has 0 unspecified atom stereocenters. The number of benzene rings is 2. The van der Waals surface area contributed by atoms with Gasteiger partial charge in [0.25, 0.3) is 5.56 Å². The molecular formula is C23H22N4O2. The van der Waals surface area contributed by atoms with Crippen LogP contribution < -0.4 is 16.6 Å². The van der Waals surface area contributed by atoms with E-state index in [2.05, 4.69) is 34.6 Å². The summed E-state index contributed by atoms with van der Waals surface area (Å²) in [6.45, 7) is 1.91. The van der Waals surface area contributed by atoms with Crippen molar-refractivity contribution < 1.29 is 0 Å². The van der Waals surface area contributed by atoms with E-state index in [1.807, 2.05) is 43.3 Å². The number of rotatable bonds is 4. The third-order valence-electron chi connectivity index (χ3n) is 5.21. The molecule has 2 aromatic heterocycles. The largest absolute Gasteiger partial charge is 0.373 e. The molecule has 0 saturated heterocycles. The van der Waals surface area contributed by atoms with E-state index in [0.29, 0.717) is 16.7 Å². The molecule has 0 aliphatic carbocycles. The standard InChI is InChI=1S/C23H22N4O2/c1-15-14-24-21-18(22(28)27(3)23(29)26(21)2)19(15)25-20(16-10-6-4-7-11-16)17-12-8-5-9-13-17/h4-14,20H,1-3H3,(H,24,25). The topological polar surface area (TPSA) is 68.9 Å². The molecule has 0 radical (unpaired) electrons. The smallest absolute Gasteiger partial charge is 0.332 e. The second-order valence-electron chi connectivity index (χ2n) is 7.12. The van der Waals surface area contributed by atoms with Gasteiger partial charge in [-0.25, -0.2) is 9.78 Å². The number of aryl methyl sites for hydroxylation is 2. The highest BCUT2D eigenvalue weighted by Crippen LogP contribution is 2.30. The third kappa shape index (κ3) is 3.23.